The molecule has 0 saturated carbocycles. The number of nitro groups is 1. The molecule has 2 rings (SSSR count). The molecule has 0 amide bonds. The summed E-state index contributed by atoms with van der Waals surface area (Å²) in [6.07, 6.45) is 1.96. The largest absolute Gasteiger partial charge is 0.490 e. The number of methoxy groups -OCH3 is 1. The van der Waals surface area contributed by atoms with E-state index in [1.54, 1.807) is 12.1 Å². The average Bonchev–Trinajstić information content (AvgIpc) is 2.40. The Labute approximate surface area is 105 Å². The lowest BCUT2D eigenvalue weighted by Crippen LogP contribution is -2.34. The van der Waals surface area contributed by atoms with Crippen LogP contribution in [0.3, 0.4) is 0 Å². The molecule has 18 heavy (non-hydrogen) atoms. The van der Waals surface area contributed by atoms with Crippen LogP contribution in [0.4, 0.5) is 5.69 Å². The number of ether oxygens (including phenoxy) is 2. The number of nitro benzene ring substituents is 1. The molecule has 1 N–H and O–H groups in total. The predicted octanol–water partition coefficient (Wildman–Crippen LogP) is 1.73. The van der Waals surface area contributed by atoms with Crippen molar-refractivity contribution in [2.45, 2.75) is 18.9 Å². The third-order valence-corrected chi connectivity index (χ3v) is 2.94. The highest BCUT2D eigenvalue weighted by molar-refractivity contribution is 5.50. The van der Waals surface area contributed by atoms with Crippen molar-refractivity contribution >= 4 is 5.69 Å². The van der Waals surface area contributed by atoms with Crippen LogP contribution in [0.5, 0.6) is 11.5 Å². The molecule has 1 aromatic carbocycles. The van der Waals surface area contributed by atoms with Gasteiger partial charge in [0.05, 0.1) is 18.1 Å². The minimum absolute atomic E-state index is 0.0658. The first-order chi connectivity index (χ1) is 8.70. The van der Waals surface area contributed by atoms with E-state index in [0.717, 1.165) is 25.9 Å². The van der Waals surface area contributed by atoms with Gasteiger partial charge in [-0.15, -0.1) is 0 Å². The first-order valence-corrected chi connectivity index (χ1v) is 5.90. The van der Waals surface area contributed by atoms with E-state index in [9.17, 15) is 10.1 Å². The molecule has 6 nitrogen and oxygen atoms in total. The molecule has 1 aliphatic heterocycles. The van der Waals surface area contributed by atoms with Crippen LogP contribution in [0.15, 0.2) is 18.2 Å². The minimum atomic E-state index is -0.464. The van der Waals surface area contributed by atoms with E-state index in [4.69, 9.17) is 9.47 Å². The van der Waals surface area contributed by atoms with Gasteiger partial charge in [-0.05, 0) is 38.1 Å². The number of nitrogens with one attached hydrogen (secondary N) is 1. The van der Waals surface area contributed by atoms with Crippen molar-refractivity contribution in [3.63, 3.8) is 0 Å². The van der Waals surface area contributed by atoms with Gasteiger partial charge in [-0.25, -0.2) is 0 Å². The van der Waals surface area contributed by atoms with Crippen LogP contribution < -0.4 is 14.8 Å². The molecule has 0 aliphatic carbocycles. The maximum atomic E-state index is 10.9. The second-order valence-electron chi connectivity index (χ2n) is 4.16. The third-order valence-electron chi connectivity index (χ3n) is 2.94. The smallest absolute Gasteiger partial charge is 0.314 e. The van der Waals surface area contributed by atoms with Crippen molar-refractivity contribution in [3.8, 4) is 11.5 Å². The van der Waals surface area contributed by atoms with Gasteiger partial charge < -0.3 is 14.8 Å². The third kappa shape index (κ3) is 2.89. The Hall–Kier alpha value is -1.82. The van der Waals surface area contributed by atoms with Crippen LogP contribution in [0.1, 0.15) is 12.8 Å². The van der Waals surface area contributed by atoms with Crippen molar-refractivity contribution in [3.05, 3.63) is 28.3 Å². The topological polar surface area (TPSA) is 73.6 Å². The van der Waals surface area contributed by atoms with Gasteiger partial charge >= 0.3 is 5.69 Å². The maximum absolute atomic E-state index is 10.9. The molecule has 1 saturated heterocycles. The number of piperidine rings is 1. The van der Waals surface area contributed by atoms with E-state index in [-0.39, 0.29) is 17.5 Å². The van der Waals surface area contributed by atoms with Gasteiger partial charge in [0, 0.05) is 0 Å². The van der Waals surface area contributed by atoms with Crippen LogP contribution in [-0.2, 0) is 0 Å². The summed E-state index contributed by atoms with van der Waals surface area (Å²) < 4.78 is 10.7. The van der Waals surface area contributed by atoms with Crippen LogP contribution in [0, 0.1) is 10.1 Å². The highest BCUT2D eigenvalue weighted by Gasteiger charge is 2.19. The second kappa shape index (κ2) is 5.68. The number of hydrogen-bond acceptors (Lipinski definition) is 5. The Morgan fingerprint density at radius 3 is 2.72 bits per heavy atom. The zero-order valence-corrected chi connectivity index (χ0v) is 10.2. The van der Waals surface area contributed by atoms with Crippen molar-refractivity contribution in [2.75, 3.05) is 20.2 Å². The zero-order chi connectivity index (χ0) is 13.0. The van der Waals surface area contributed by atoms with Crippen LogP contribution in [0.2, 0.25) is 0 Å². The summed E-state index contributed by atoms with van der Waals surface area (Å²) >= 11 is 0. The van der Waals surface area contributed by atoms with Gasteiger partial charge in [0.15, 0.2) is 5.75 Å². The van der Waals surface area contributed by atoms with Crippen molar-refractivity contribution < 1.29 is 14.4 Å². The SMILES string of the molecule is COc1ccc(OC2CCNCC2)cc1[N+](=O)[O-]. The van der Waals surface area contributed by atoms with E-state index < -0.39 is 4.92 Å². The summed E-state index contributed by atoms with van der Waals surface area (Å²) in [6, 6.07) is 4.68. The van der Waals surface area contributed by atoms with E-state index >= 15 is 0 Å². The van der Waals surface area contributed by atoms with E-state index in [1.807, 2.05) is 0 Å². The lowest BCUT2D eigenvalue weighted by atomic mass is 10.1. The van der Waals surface area contributed by atoms with Gasteiger partial charge in [0.2, 0.25) is 0 Å². The fourth-order valence-electron chi connectivity index (χ4n) is 1.99. The first kappa shape index (κ1) is 12.6. The lowest BCUT2D eigenvalue weighted by Gasteiger charge is -2.23. The van der Waals surface area contributed by atoms with Gasteiger partial charge in [-0.3, -0.25) is 10.1 Å². The molecular weight excluding hydrogens is 236 g/mol. The van der Waals surface area contributed by atoms with E-state index in [1.165, 1.54) is 13.2 Å². The maximum Gasteiger partial charge on any atom is 0.314 e. The van der Waals surface area contributed by atoms with Crippen molar-refractivity contribution in [2.24, 2.45) is 0 Å². The Morgan fingerprint density at radius 2 is 2.11 bits per heavy atom. The summed E-state index contributed by atoms with van der Waals surface area (Å²) in [7, 11) is 1.41. The Balaban J connectivity index is 2.13. The number of nitrogens with zero attached hydrogens (tertiary/aromatic N) is 1. The molecule has 1 aliphatic rings. The number of hydrogen-bond donors (Lipinski definition) is 1. The lowest BCUT2D eigenvalue weighted by molar-refractivity contribution is -0.385. The fourth-order valence-corrected chi connectivity index (χ4v) is 1.99. The molecule has 0 radical (unpaired) electrons. The van der Waals surface area contributed by atoms with Crippen molar-refractivity contribution in [1.29, 1.82) is 0 Å². The molecule has 0 atom stereocenters. The normalized spacial score (nSPS) is 16.3. The molecule has 6 heteroatoms. The molecule has 0 bridgehead atoms. The molecule has 1 heterocycles. The highest BCUT2D eigenvalue weighted by atomic mass is 16.6. The molecule has 0 unspecified atom stereocenters. The number of rotatable bonds is 4. The summed E-state index contributed by atoms with van der Waals surface area (Å²) in [4.78, 5) is 10.4. The number of benzene rings is 1. The predicted molar refractivity (Wildman–Crippen MR) is 66.2 cm³/mol. The summed E-state index contributed by atoms with van der Waals surface area (Å²) in [5, 5.41) is 14.1. The highest BCUT2D eigenvalue weighted by Crippen LogP contribution is 2.31. The molecule has 0 spiro atoms. The Morgan fingerprint density at radius 1 is 1.39 bits per heavy atom. The van der Waals surface area contributed by atoms with E-state index in [0.29, 0.717) is 5.75 Å². The zero-order valence-electron chi connectivity index (χ0n) is 10.2. The average molecular weight is 252 g/mol. The van der Waals surface area contributed by atoms with E-state index in [2.05, 4.69) is 5.32 Å². The summed E-state index contributed by atoms with van der Waals surface area (Å²) in [5.41, 5.74) is -0.0658. The minimum Gasteiger partial charge on any atom is -0.490 e. The fraction of sp³-hybridized carbons (Fsp3) is 0.500. The molecule has 98 valence electrons. The van der Waals surface area contributed by atoms with Crippen LogP contribution >= 0.6 is 0 Å². The van der Waals surface area contributed by atoms with Gasteiger partial charge in [0.25, 0.3) is 0 Å². The van der Waals surface area contributed by atoms with Gasteiger partial charge in [0.1, 0.15) is 11.9 Å². The quantitative estimate of drug-likeness (QED) is 0.652. The molecular formula is C12H16N2O4. The molecule has 1 fully saturated rings. The van der Waals surface area contributed by atoms with Gasteiger partial charge in [-0.1, -0.05) is 0 Å². The molecule has 1 aromatic rings. The summed E-state index contributed by atoms with van der Waals surface area (Å²) in [6.45, 7) is 1.84. The summed E-state index contributed by atoms with van der Waals surface area (Å²) in [5.74, 6) is 0.770. The monoisotopic (exact) mass is 252 g/mol. The standard InChI is InChI=1S/C12H16N2O4/c1-17-12-3-2-10(8-11(12)14(15)16)18-9-4-6-13-7-5-9/h2-3,8-9,13H,4-7H2,1H3. The van der Waals surface area contributed by atoms with Crippen LogP contribution in [-0.4, -0.2) is 31.2 Å². The molecule has 0 aromatic heterocycles. The van der Waals surface area contributed by atoms with Crippen molar-refractivity contribution in [1.82, 2.24) is 5.32 Å². The Bertz CT molecular complexity index is 430. The van der Waals surface area contributed by atoms with Crippen LogP contribution in [0.25, 0.3) is 0 Å². The van der Waals surface area contributed by atoms with Gasteiger partial charge in [-0.2, -0.15) is 0 Å². The first-order valence-electron chi connectivity index (χ1n) is 5.90. The second-order valence-corrected chi connectivity index (χ2v) is 4.16. The Kier molecular flexibility index (Phi) is 3.99.